The normalized spacial score (nSPS) is 10.9. The highest BCUT2D eigenvalue weighted by Gasteiger charge is 2.14. The van der Waals surface area contributed by atoms with Crippen LogP contribution in [-0.2, 0) is 11.8 Å². The van der Waals surface area contributed by atoms with Crippen LogP contribution in [0.2, 0.25) is 0 Å². The minimum Gasteiger partial charge on any atom is -0.379 e. The van der Waals surface area contributed by atoms with E-state index in [1.54, 1.807) is 17.9 Å². The Labute approximate surface area is 115 Å². The minimum atomic E-state index is -0.0843. The van der Waals surface area contributed by atoms with Gasteiger partial charge in [-0.3, -0.25) is 9.48 Å². The molecule has 0 atom stereocenters. The van der Waals surface area contributed by atoms with Gasteiger partial charge in [-0.15, -0.1) is 0 Å². The molecule has 1 rings (SSSR count). The summed E-state index contributed by atoms with van der Waals surface area (Å²) in [5.74, 6) is -0.0843. The summed E-state index contributed by atoms with van der Waals surface area (Å²) in [6, 6.07) is 0. The van der Waals surface area contributed by atoms with Crippen LogP contribution in [-0.4, -0.2) is 34.9 Å². The lowest BCUT2D eigenvalue weighted by atomic mass is 10.3. The van der Waals surface area contributed by atoms with Crippen LogP contribution in [0.3, 0.4) is 0 Å². The third-order valence-corrected chi connectivity index (χ3v) is 2.96. The molecule has 0 unspecified atom stereocenters. The molecule has 5 nitrogen and oxygen atoms in total. The second kappa shape index (κ2) is 6.95. The summed E-state index contributed by atoms with van der Waals surface area (Å²) in [4.78, 5) is 11.8. The molecule has 1 aromatic heterocycles. The highest BCUT2D eigenvalue weighted by atomic mass is 127. The number of nitrogens with zero attached hydrogens (tertiary/aromatic N) is 2. The first kappa shape index (κ1) is 14.4. The van der Waals surface area contributed by atoms with Crippen LogP contribution < -0.4 is 5.32 Å². The maximum Gasteiger partial charge on any atom is 0.270 e. The molecule has 0 saturated carbocycles. The summed E-state index contributed by atoms with van der Waals surface area (Å²) in [5, 5.41) is 6.88. The van der Waals surface area contributed by atoms with Gasteiger partial charge in [0.25, 0.3) is 5.91 Å². The number of hydrogen-bond acceptors (Lipinski definition) is 3. The molecule has 1 amide bonds. The molecule has 1 N–H and O–H groups in total. The average Bonchev–Trinajstić information content (AvgIpc) is 2.57. The van der Waals surface area contributed by atoms with Crippen molar-refractivity contribution < 1.29 is 9.53 Å². The van der Waals surface area contributed by atoms with E-state index in [4.69, 9.17) is 4.74 Å². The van der Waals surface area contributed by atoms with E-state index in [1.807, 2.05) is 13.8 Å². The van der Waals surface area contributed by atoms with Crippen molar-refractivity contribution in [1.82, 2.24) is 15.1 Å². The molecular weight excluding hydrogens is 333 g/mol. The predicted octanol–water partition coefficient (Wildman–Crippen LogP) is 1.57. The number of aryl methyl sites for hydroxylation is 1. The van der Waals surface area contributed by atoms with E-state index < -0.39 is 0 Å². The molecule has 0 spiro atoms. The molecular formula is C11H18IN3O2. The Hall–Kier alpha value is -0.630. The molecule has 0 fully saturated rings. The smallest absolute Gasteiger partial charge is 0.270 e. The third kappa shape index (κ3) is 4.63. The second-order valence-corrected chi connectivity index (χ2v) is 5.16. The molecule has 0 aromatic carbocycles. The molecule has 0 saturated heterocycles. The fourth-order valence-electron chi connectivity index (χ4n) is 1.34. The zero-order chi connectivity index (χ0) is 12.8. The minimum absolute atomic E-state index is 0.0843. The summed E-state index contributed by atoms with van der Waals surface area (Å²) in [6.45, 7) is 5.28. The topological polar surface area (TPSA) is 56.1 Å². The fraction of sp³-hybridized carbons (Fsp3) is 0.636. The largest absolute Gasteiger partial charge is 0.379 e. The number of halogens is 1. The zero-order valence-electron chi connectivity index (χ0n) is 10.4. The summed E-state index contributed by atoms with van der Waals surface area (Å²) in [7, 11) is 1.76. The number of carbonyl (C=O) groups excluding carboxylic acids is 1. The van der Waals surface area contributed by atoms with E-state index in [2.05, 4.69) is 33.0 Å². The van der Waals surface area contributed by atoms with Gasteiger partial charge in [-0.2, -0.15) is 5.10 Å². The Morgan fingerprint density at radius 1 is 1.65 bits per heavy atom. The van der Waals surface area contributed by atoms with Gasteiger partial charge in [0.05, 0.1) is 15.9 Å². The van der Waals surface area contributed by atoms with Crippen LogP contribution in [0.1, 0.15) is 30.8 Å². The number of aromatic nitrogens is 2. The van der Waals surface area contributed by atoms with E-state index in [0.717, 1.165) is 9.99 Å². The highest BCUT2D eigenvalue weighted by molar-refractivity contribution is 14.1. The van der Waals surface area contributed by atoms with E-state index in [-0.39, 0.29) is 12.0 Å². The van der Waals surface area contributed by atoms with Gasteiger partial charge in [-0.25, -0.2) is 0 Å². The van der Waals surface area contributed by atoms with Crippen molar-refractivity contribution >= 4 is 28.5 Å². The maximum absolute atomic E-state index is 11.8. The van der Waals surface area contributed by atoms with Crippen molar-refractivity contribution in [2.75, 3.05) is 13.2 Å². The summed E-state index contributed by atoms with van der Waals surface area (Å²) >= 11 is 2.10. The van der Waals surface area contributed by atoms with E-state index in [9.17, 15) is 4.79 Å². The molecule has 0 aliphatic rings. The number of ether oxygens (including phenoxy) is 1. The maximum atomic E-state index is 11.8. The number of carbonyl (C=O) groups is 1. The quantitative estimate of drug-likeness (QED) is 0.625. The van der Waals surface area contributed by atoms with Gasteiger partial charge in [0.1, 0.15) is 5.69 Å². The Morgan fingerprint density at radius 2 is 2.35 bits per heavy atom. The Bertz CT molecular complexity index is 357. The van der Waals surface area contributed by atoms with Crippen LogP contribution in [0.5, 0.6) is 0 Å². The summed E-state index contributed by atoms with van der Waals surface area (Å²) in [6.07, 6.45) is 2.74. The number of rotatable bonds is 6. The van der Waals surface area contributed by atoms with E-state index in [1.165, 1.54) is 0 Å². The number of hydrogen-bond donors (Lipinski definition) is 1. The molecule has 17 heavy (non-hydrogen) atoms. The summed E-state index contributed by atoms with van der Waals surface area (Å²) < 4.78 is 7.84. The first-order valence-electron chi connectivity index (χ1n) is 5.59. The van der Waals surface area contributed by atoms with Crippen molar-refractivity contribution in [3.63, 3.8) is 0 Å². The van der Waals surface area contributed by atoms with Crippen molar-refractivity contribution in [1.29, 1.82) is 0 Å². The molecule has 0 aliphatic heterocycles. The Balaban J connectivity index is 2.31. The molecule has 1 heterocycles. The van der Waals surface area contributed by atoms with Crippen LogP contribution in [0.25, 0.3) is 0 Å². The number of amides is 1. The van der Waals surface area contributed by atoms with Crippen molar-refractivity contribution in [2.24, 2.45) is 7.05 Å². The Morgan fingerprint density at radius 3 is 2.88 bits per heavy atom. The Kier molecular flexibility index (Phi) is 5.90. The lowest BCUT2D eigenvalue weighted by Crippen LogP contribution is -2.28. The van der Waals surface area contributed by atoms with Crippen LogP contribution in [0.15, 0.2) is 6.20 Å². The van der Waals surface area contributed by atoms with Gasteiger partial charge in [0.2, 0.25) is 0 Å². The van der Waals surface area contributed by atoms with Crippen LogP contribution >= 0.6 is 22.6 Å². The van der Waals surface area contributed by atoms with Gasteiger partial charge in [0.15, 0.2) is 0 Å². The van der Waals surface area contributed by atoms with Crippen molar-refractivity contribution in [3.05, 3.63) is 15.5 Å². The molecule has 0 aliphatic carbocycles. The molecule has 0 bridgehead atoms. The van der Waals surface area contributed by atoms with Gasteiger partial charge in [-0.1, -0.05) is 0 Å². The molecule has 96 valence electrons. The lowest BCUT2D eigenvalue weighted by molar-refractivity contribution is 0.0756. The third-order valence-electron chi connectivity index (χ3n) is 2.17. The predicted molar refractivity (Wildman–Crippen MR) is 74.0 cm³/mol. The van der Waals surface area contributed by atoms with Gasteiger partial charge in [-0.05, 0) is 42.9 Å². The summed E-state index contributed by atoms with van der Waals surface area (Å²) in [5.41, 5.74) is 0.607. The SMILES string of the molecule is CC(C)OCCCNC(=O)c1c(I)cnn1C. The lowest BCUT2D eigenvalue weighted by Gasteiger charge is -2.08. The molecule has 0 radical (unpaired) electrons. The zero-order valence-corrected chi connectivity index (χ0v) is 12.5. The van der Waals surface area contributed by atoms with E-state index >= 15 is 0 Å². The molecule has 1 aromatic rings. The van der Waals surface area contributed by atoms with E-state index in [0.29, 0.717) is 18.8 Å². The van der Waals surface area contributed by atoms with Crippen molar-refractivity contribution in [2.45, 2.75) is 26.4 Å². The standard InChI is InChI=1S/C11H18IN3O2/c1-8(2)17-6-4-5-13-11(16)10-9(12)7-14-15(10)3/h7-8H,4-6H2,1-3H3,(H,13,16). The molecule has 6 heteroatoms. The first-order valence-corrected chi connectivity index (χ1v) is 6.67. The van der Waals surface area contributed by atoms with Crippen molar-refractivity contribution in [3.8, 4) is 0 Å². The van der Waals surface area contributed by atoms with Gasteiger partial charge in [0, 0.05) is 20.2 Å². The van der Waals surface area contributed by atoms with Gasteiger partial charge >= 0.3 is 0 Å². The highest BCUT2D eigenvalue weighted by Crippen LogP contribution is 2.09. The van der Waals surface area contributed by atoms with Gasteiger partial charge < -0.3 is 10.1 Å². The van der Waals surface area contributed by atoms with Crippen LogP contribution in [0.4, 0.5) is 0 Å². The first-order chi connectivity index (χ1) is 8.02. The van der Waals surface area contributed by atoms with Crippen LogP contribution in [0, 0.1) is 3.57 Å². The number of nitrogens with one attached hydrogen (secondary N) is 1. The average molecular weight is 351 g/mol. The second-order valence-electron chi connectivity index (χ2n) is 3.99. The monoisotopic (exact) mass is 351 g/mol. The fourth-order valence-corrected chi connectivity index (χ4v) is 2.06.